The molecule has 0 unspecified atom stereocenters. The van der Waals surface area contributed by atoms with Gasteiger partial charge in [0.25, 0.3) is 0 Å². The summed E-state index contributed by atoms with van der Waals surface area (Å²) >= 11 is 3.37. The summed E-state index contributed by atoms with van der Waals surface area (Å²) in [6.07, 6.45) is -4.35. The fraction of sp³-hybridized carbons (Fsp3) is 0.143. The van der Waals surface area contributed by atoms with Gasteiger partial charge in [-0.15, -0.1) is 0 Å². The van der Waals surface area contributed by atoms with E-state index < -0.39 is 11.7 Å². The molecule has 0 spiro atoms. The van der Waals surface area contributed by atoms with Crippen LogP contribution in [0.1, 0.15) is 11.1 Å². The summed E-state index contributed by atoms with van der Waals surface area (Å²) in [6.45, 7) is 0.328. The number of hydrogen-bond acceptors (Lipinski definition) is 1. The van der Waals surface area contributed by atoms with E-state index in [4.69, 9.17) is 0 Å². The number of alkyl halides is 3. The Morgan fingerprint density at radius 1 is 0.947 bits per heavy atom. The molecule has 2 rings (SSSR count). The topological polar surface area (TPSA) is 12.0 Å². The number of hydrogen-bond donors (Lipinski definition) is 1. The molecular weight excluding hydrogens is 319 g/mol. The zero-order valence-electron chi connectivity index (χ0n) is 9.84. The highest BCUT2D eigenvalue weighted by molar-refractivity contribution is 9.10. The van der Waals surface area contributed by atoms with Crippen LogP contribution in [0.3, 0.4) is 0 Å². The van der Waals surface area contributed by atoms with E-state index in [0.717, 1.165) is 16.1 Å². The smallest absolute Gasteiger partial charge is 0.380 e. The van der Waals surface area contributed by atoms with Crippen molar-refractivity contribution in [1.29, 1.82) is 0 Å². The number of para-hydroxylation sites is 1. The van der Waals surface area contributed by atoms with Crippen molar-refractivity contribution >= 4 is 21.6 Å². The van der Waals surface area contributed by atoms with E-state index in [1.165, 1.54) is 12.1 Å². The SMILES string of the molecule is FC(F)(F)c1ccccc1NCc1ccccc1Br. The largest absolute Gasteiger partial charge is 0.418 e. The van der Waals surface area contributed by atoms with Crippen molar-refractivity contribution in [3.05, 3.63) is 64.1 Å². The van der Waals surface area contributed by atoms with Gasteiger partial charge < -0.3 is 5.32 Å². The molecule has 19 heavy (non-hydrogen) atoms. The van der Waals surface area contributed by atoms with Crippen LogP contribution >= 0.6 is 15.9 Å². The predicted molar refractivity (Wildman–Crippen MR) is 72.9 cm³/mol. The first-order valence-electron chi connectivity index (χ1n) is 5.62. The number of anilines is 1. The third-order valence-electron chi connectivity index (χ3n) is 2.66. The molecule has 0 aliphatic carbocycles. The molecule has 0 amide bonds. The van der Waals surface area contributed by atoms with Crippen molar-refractivity contribution in [2.24, 2.45) is 0 Å². The van der Waals surface area contributed by atoms with Crippen LogP contribution in [0.4, 0.5) is 18.9 Å². The summed E-state index contributed by atoms with van der Waals surface area (Å²) < 4.78 is 39.3. The number of benzene rings is 2. The lowest BCUT2D eigenvalue weighted by atomic mass is 10.1. The number of halogens is 4. The van der Waals surface area contributed by atoms with Crippen LogP contribution < -0.4 is 5.32 Å². The average molecular weight is 330 g/mol. The van der Waals surface area contributed by atoms with E-state index in [-0.39, 0.29) is 5.69 Å². The van der Waals surface area contributed by atoms with Gasteiger partial charge >= 0.3 is 6.18 Å². The van der Waals surface area contributed by atoms with Crippen LogP contribution in [0.15, 0.2) is 53.0 Å². The molecule has 0 saturated carbocycles. The molecule has 0 atom stereocenters. The van der Waals surface area contributed by atoms with Crippen LogP contribution in [-0.2, 0) is 12.7 Å². The standard InChI is InChI=1S/C14H11BrF3N/c15-12-7-3-1-5-10(12)9-19-13-8-4-2-6-11(13)14(16,17)18/h1-8,19H,9H2. The Hall–Kier alpha value is -1.49. The van der Waals surface area contributed by atoms with E-state index >= 15 is 0 Å². The van der Waals surface area contributed by atoms with Crippen molar-refractivity contribution in [3.63, 3.8) is 0 Å². The molecule has 5 heteroatoms. The zero-order chi connectivity index (χ0) is 13.9. The molecule has 100 valence electrons. The highest BCUT2D eigenvalue weighted by atomic mass is 79.9. The molecule has 1 nitrogen and oxygen atoms in total. The fourth-order valence-electron chi connectivity index (χ4n) is 1.72. The summed E-state index contributed by atoms with van der Waals surface area (Å²) in [5.74, 6) is 0. The van der Waals surface area contributed by atoms with E-state index in [2.05, 4.69) is 21.2 Å². The predicted octanol–water partition coefficient (Wildman–Crippen LogP) is 5.08. The minimum absolute atomic E-state index is 0.0887. The minimum Gasteiger partial charge on any atom is -0.380 e. The van der Waals surface area contributed by atoms with E-state index in [9.17, 15) is 13.2 Å². The monoisotopic (exact) mass is 329 g/mol. The number of rotatable bonds is 3. The van der Waals surface area contributed by atoms with E-state index in [0.29, 0.717) is 6.54 Å². The highest BCUT2D eigenvalue weighted by Crippen LogP contribution is 2.34. The van der Waals surface area contributed by atoms with Gasteiger partial charge in [-0.3, -0.25) is 0 Å². The Morgan fingerprint density at radius 2 is 1.58 bits per heavy atom. The minimum atomic E-state index is -4.35. The molecule has 0 heterocycles. The maximum absolute atomic E-state index is 12.8. The maximum Gasteiger partial charge on any atom is 0.418 e. The molecule has 0 saturated heterocycles. The Labute approximate surface area is 117 Å². The average Bonchev–Trinajstić information content (AvgIpc) is 2.37. The lowest BCUT2D eigenvalue weighted by Gasteiger charge is -2.14. The van der Waals surface area contributed by atoms with Gasteiger partial charge in [-0.1, -0.05) is 46.3 Å². The first-order valence-corrected chi connectivity index (χ1v) is 6.41. The molecule has 2 aromatic rings. The van der Waals surface area contributed by atoms with E-state index in [1.54, 1.807) is 6.07 Å². The van der Waals surface area contributed by atoms with Crippen LogP contribution in [0.5, 0.6) is 0 Å². The van der Waals surface area contributed by atoms with Crippen LogP contribution in [0, 0.1) is 0 Å². The first kappa shape index (κ1) is 13.9. The second-order valence-corrected chi connectivity index (χ2v) is 4.84. The highest BCUT2D eigenvalue weighted by Gasteiger charge is 2.32. The van der Waals surface area contributed by atoms with Crippen LogP contribution in [0.25, 0.3) is 0 Å². The molecule has 0 aliphatic heterocycles. The normalized spacial score (nSPS) is 11.4. The third kappa shape index (κ3) is 3.50. The molecular formula is C14H11BrF3N. The summed E-state index contributed by atoms with van der Waals surface area (Å²) in [6, 6.07) is 12.9. The second kappa shape index (κ2) is 5.65. The van der Waals surface area contributed by atoms with Gasteiger partial charge in [0.1, 0.15) is 0 Å². The van der Waals surface area contributed by atoms with Gasteiger partial charge in [0.15, 0.2) is 0 Å². The Balaban J connectivity index is 2.19. The van der Waals surface area contributed by atoms with Gasteiger partial charge in [-0.25, -0.2) is 0 Å². The van der Waals surface area contributed by atoms with E-state index in [1.807, 2.05) is 24.3 Å². The molecule has 0 radical (unpaired) electrons. The molecule has 1 N–H and O–H groups in total. The lowest BCUT2D eigenvalue weighted by molar-refractivity contribution is -0.136. The van der Waals surface area contributed by atoms with Gasteiger partial charge in [-0.05, 0) is 23.8 Å². The molecule has 0 aromatic heterocycles. The van der Waals surface area contributed by atoms with Crippen molar-refractivity contribution in [2.75, 3.05) is 5.32 Å². The summed E-state index contributed by atoms with van der Waals surface area (Å²) in [4.78, 5) is 0. The summed E-state index contributed by atoms with van der Waals surface area (Å²) in [7, 11) is 0. The molecule has 0 bridgehead atoms. The van der Waals surface area contributed by atoms with Crippen LogP contribution in [0.2, 0.25) is 0 Å². The Kier molecular flexibility index (Phi) is 4.14. The molecule has 0 fully saturated rings. The summed E-state index contributed by atoms with van der Waals surface area (Å²) in [5.41, 5.74) is 0.340. The number of nitrogens with one attached hydrogen (secondary N) is 1. The van der Waals surface area contributed by atoms with Gasteiger partial charge in [0.2, 0.25) is 0 Å². The Bertz CT molecular complexity index is 567. The first-order chi connectivity index (χ1) is 8.98. The lowest BCUT2D eigenvalue weighted by Crippen LogP contribution is -2.10. The van der Waals surface area contributed by atoms with Gasteiger partial charge in [0.05, 0.1) is 5.56 Å². The zero-order valence-corrected chi connectivity index (χ0v) is 11.4. The van der Waals surface area contributed by atoms with Gasteiger partial charge in [-0.2, -0.15) is 13.2 Å². The summed E-state index contributed by atoms with van der Waals surface area (Å²) in [5, 5.41) is 2.83. The molecule has 0 aliphatic rings. The van der Waals surface area contributed by atoms with Crippen molar-refractivity contribution in [3.8, 4) is 0 Å². The van der Waals surface area contributed by atoms with Crippen molar-refractivity contribution in [1.82, 2.24) is 0 Å². The quantitative estimate of drug-likeness (QED) is 0.827. The van der Waals surface area contributed by atoms with Crippen molar-refractivity contribution < 1.29 is 13.2 Å². The van der Waals surface area contributed by atoms with Crippen molar-refractivity contribution in [2.45, 2.75) is 12.7 Å². The Morgan fingerprint density at radius 3 is 2.26 bits per heavy atom. The van der Waals surface area contributed by atoms with Gasteiger partial charge in [0, 0.05) is 16.7 Å². The van der Waals surface area contributed by atoms with Crippen LogP contribution in [-0.4, -0.2) is 0 Å². The second-order valence-electron chi connectivity index (χ2n) is 3.99. The maximum atomic E-state index is 12.8. The fourth-order valence-corrected chi connectivity index (χ4v) is 2.14. The molecule has 2 aromatic carbocycles. The third-order valence-corrected chi connectivity index (χ3v) is 3.43.